The molecule has 0 atom stereocenters. The van der Waals surface area contributed by atoms with Crippen molar-refractivity contribution in [2.75, 3.05) is 36.5 Å². The van der Waals surface area contributed by atoms with Crippen molar-refractivity contribution in [1.82, 2.24) is 9.97 Å². The van der Waals surface area contributed by atoms with Crippen molar-refractivity contribution in [2.45, 2.75) is 6.92 Å². The number of nitrogens with one attached hydrogen (secondary N) is 1. The predicted molar refractivity (Wildman–Crippen MR) is 93.9 cm³/mol. The van der Waals surface area contributed by atoms with Gasteiger partial charge in [0.05, 0.1) is 29.9 Å². The molecule has 0 saturated carbocycles. The molecule has 0 radical (unpaired) electrons. The van der Waals surface area contributed by atoms with Crippen LogP contribution in [0.2, 0.25) is 0 Å². The lowest BCUT2D eigenvalue weighted by Crippen LogP contribution is -2.37. The van der Waals surface area contributed by atoms with Gasteiger partial charge in [-0.1, -0.05) is 0 Å². The lowest BCUT2D eigenvalue weighted by atomic mass is 10.1. The van der Waals surface area contributed by atoms with E-state index in [2.05, 4.69) is 15.3 Å². The van der Waals surface area contributed by atoms with Crippen molar-refractivity contribution in [3.05, 3.63) is 47.5 Å². The third-order valence-electron chi connectivity index (χ3n) is 4.36. The minimum atomic E-state index is -0.863. The van der Waals surface area contributed by atoms with Crippen molar-refractivity contribution >= 4 is 28.5 Å². The Kier molecular flexibility index (Phi) is 4.44. The van der Waals surface area contributed by atoms with Crippen LogP contribution in [0.3, 0.4) is 0 Å². The van der Waals surface area contributed by atoms with Crippen LogP contribution in [-0.4, -0.2) is 42.2 Å². The molecule has 0 aliphatic carbocycles. The summed E-state index contributed by atoms with van der Waals surface area (Å²) >= 11 is 0. The maximum atomic E-state index is 13.9. The average Bonchev–Trinajstić information content (AvgIpc) is 3.00. The molecule has 1 aromatic carbocycles. The van der Waals surface area contributed by atoms with Gasteiger partial charge in [0.15, 0.2) is 0 Å². The normalized spacial score (nSPS) is 14.6. The Hall–Kier alpha value is -3.07. The fourth-order valence-electron chi connectivity index (χ4n) is 3.09. The van der Waals surface area contributed by atoms with Gasteiger partial charge in [-0.15, -0.1) is 0 Å². The Morgan fingerprint density at radius 3 is 2.74 bits per heavy atom. The molecule has 1 amide bonds. The number of ether oxygens (including phenoxy) is 1. The maximum absolute atomic E-state index is 13.9. The molecule has 140 valence electrons. The fraction of sp³-hybridized carbons (Fsp3) is 0.278. The van der Waals surface area contributed by atoms with E-state index in [0.29, 0.717) is 49.3 Å². The molecule has 1 fully saturated rings. The van der Waals surface area contributed by atoms with Crippen molar-refractivity contribution < 1.29 is 22.7 Å². The highest BCUT2D eigenvalue weighted by molar-refractivity contribution is 6.15. The Bertz CT molecular complexity index is 1020. The number of anilines is 2. The molecule has 1 aliphatic rings. The number of rotatable bonds is 3. The monoisotopic (exact) mass is 374 g/mol. The van der Waals surface area contributed by atoms with Crippen LogP contribution in [0.15, 0.2) is 28.9 Å². The smallest absolute Gasteiger partial charge is 0.260 e. The first-order chi connectivity index (χ1) is 13.0. The van der Waals surface area contributed by atoms with E-state index in [1.807, 2.05) is 4.90 Å². The molecule has 3 aromatic rings. The number of aryl methyl sites for hydroxylation is 1. The number of aromatic nitrogens is 2. The van der Waals surface area contributed by atoms with E-state index in [-0.39, 0.29) is 17.0 Å². The zero-order valence-corrected chi connectivity index (χ0v) is 14.5. The van der Waals surface area contributed by atoms with Gasteiger partial charge in [-0.2, -0.15) is 0 Å². The maximum Gasteiger partial charge on any atom is 0.260 e. The number of hydrogen-bond donors (Lipinski definition) is 1. The van der Waals surface area contributed by atoms with Gasteiger partial charge in [0.1, 0.15) is 29.5 Å². The number of halogens is 2. The predicted octanol–water partition coefficient (Wildman–Crippen LogP) is 2.90. The molecule has 1 saturated heterocycles. The number of morpholine rings is 1. The molecular formula is C18H16F2N4O3. The summed E-state index contributed by atoms with van der Waals surface area (Å²) in [6, 6.07) is 2.94. The Morgan fingerprint density at radius 2 is 2.00 bits per heavy atom. The highest BCUT2D eigenvalue weighted by atomic mass is 19.1. The summed E-state index contributed by atoms with van der Waals surface area (Å²) in [4.78, 5) is 23.3. The number of hydrogen-bond acceptors (Lipinski definition) is 6. The SMILES string of the molecule is Cc1oc2ncnc(N3CCOCC3)c2c1C(=O)Nc1ccc(F)cc1F. The Balaban J connectivity index is 1.76. The summed E-state index contributed by atoms with van der Waals surface area (Å²) in [5.74, 6) is -1.28. The summed E-state index contributed by atoms with van der Waals surface area (Å²) in [7, 11) is 0. The van der Waals surface area contributed by atoms with Gasteiger partial charge in [-0.05, 0) is 19.1 Å². The Morgan fingerprint density at radius 1 is 1.22 bits per heavy atom. The first-order valence-electron chi connectivity index (χ1n) is 8.38. The quantitative estimate of drug-likeness (QED) is 0.759. The highest BCUT2D eigenvalue weighted by Crippen LogP contribution is 2.32. The van der Waals surface area contributed by atoms with E-state index in [1.54, 1.807) is 6.92 Å². The van der Waals surface area contributed by atoms with Crippen molar-refractivity contribution in [3.8, 4) is 0 Å². The number of carbonyl (C=O) groups excluding carboxylic acids is 1. The fourth-order valence-corrected chi connectivity index (χ4v) is 3.09. The largest absolute Gasteiger partial charge is 0.442 e. The zero-order valence-electron chi connectivity index (χ0n) is 14.5. The van der Waals surface area contributed by atoms with Crippen LogP contribution in [0.4, 0.5) is 20.3 Å². The van der Waals surface area contributed by atoms with E-state index in [0.717, 1.165) is 6.07 Å². The van der Waals surface area contributed by atoms with E-state index < -0.39 is 17.5 Å². The van der Waals surface area contributed by atoms with Crippen LogP contribution in [0.5, 0.6) is 0 Å². The van der Waals surface area contributed by atoms with Crippen LogP contribution < -0.4 is 10.2 Å². The molecular weight excluding hydrogens is 358 g/mol. The molecule has 1 N–H and O–H groups in total. The third kappa shape index (κ3) is 3.21. The van der Waals surface area contributed by atoms with E-state index in [1.165, 1.54) is 12.4 Å². The van der Waals surface area contributed by atoms with Crippen molar-refractivity contribution in [3.63, 3.8) is 0 Å². The number of amides is 1. The molecule has 9 heteroatoms. The second kappa shape index (κ2) is 6.92. The molecule has 2 aromatic heterocycles. The van der Waals surface area contributed by atoms with Crippen molar-refractivity contribution in [2.24, 2.45) is 0 Å². The number of benzene rings is 1. The molecule has 27 heavy (non-hydrogen) atoms. The average molecular weight is 374 g/mol. The third-order valence-corrected chi connectivity index (χ3v) is 4.36. The minimum Gasteiger partial charge on any atom is -0.442 e. The molecule has 0 bridgehead atoms. The van der Waals surface area contributed by atoms with E-state index >= 15 is 0 Å². The molecule has 1 aliphatic heterocycles. The van der Waals surface area contributed by atoms with Gasteiger partial charge >= 0.3 is 0 Å². The molecule has 0 spiro atoms. The molecule has 3 heterocycles. The summed E-state index contributed by atoms with van der Waals surface area (Å²) in [6.45, 7) is 3.95. The Labute approximate surface area is 153 Å². The van der Waals surface area contributed by atoms with Crippen LogP contribution in [0, 0.1) is 18.6 Å². The first kappa shape index (κ1) is 17.3. The van der Waals surface area contributed by atoms with E-state index in [9.17, 15) is 13.6 Å². The van der Waals surface area contributed by atoms with Gasteiger partial charge in [0, 0.05) is 19.2 Å². The van der Waals surface area contributed by atoms with Crippen molar-refractivity contribution in [1.29, 1.82) is 0 Å². The summed E-state index contributed by atoms with van der Waals surface area (Å²) in [5.41, 5.74) is 0.365. The highest BCUT2D eigenvalue weighted by Gasteiger charge is 2.26. The number of furan rings is 1. The lowest BCUT2D eigenvalue weighted by molar-refractivity contribution is 0.102. The number of carbonyl (C=O) groups is 1. The number of fused-ring (bicyclic) bond motifs is 1. The van der Waals surface area contributed by atoms with Gasteiger partial charge in [-0.3, -0.25) is 4.79 Å². The van der Waals surface area contributed by atoms with Gasteiger partial charge in [0.25, 0.3) is 5.91 Å². The van der Waals surface area contributed by atoms with E-state index in [4.69, 9.17) is 9.15 Å². The topological polar surface area (TPSA) is 80.5 Å². The lowest BCUT2D eigenvalue weighted by Gasteiger charge is -2.28. The standard InChI is InChI=1S/C18H16F2N4O3/c1-10-14(17(25)23-13-3-2-11(19)8-12(13)20)15-16(21-9-22-18(15)27-10)24-4-6-26-7-5-24/h2-3,8-9H,4-7H2,1H3,(H,23,25). The summed E-state index contributed by atoms with van der Waals surface area (Å²) in [5, 5.41) is 2.92. The molecule has 0 unspecified atom stereocenters. The minimum absolute atomic E-state index is 0.125. The van der Waals surface area contributed by atoms with Gasteiger partial charge in [0.2, 0.25) is 5.71 Å². The van der Waals surface area contributed by atoms with Crippen LogP contribution in [0.25, 0.3) is 11.1 Å². The summed E-state index contributed by atoms with van der Waals surface area (Å²) in [6.07, 6.45) is 1.37. The second-order valence-corrected chi connectivity index (χ2v) is 6.09. The molecule has 7 nitrogen and oxygen atoms in total. The van der Waals surface area contributed by atoms with Gasteiger partial charge < -0.3 is 19.4 Å². The molecule has 4 rings (SSSR count). The van der Waals surface area contributed by atoms with Crippen LogP contribution in [-0.2, 0) is 4.74 Å². The zero-order chi connectivity index (χ0) is 19.0. The number of nitrogens with zero attached hydrogens (tertiary/aromatic N) is 3. The van der Waals surface area contributed by atoms with Crippen LogP contribution >= 0.6 is 0 Å². The first-order valence-corrected chi connectivity index (χ1v) is 8.38. The summed E-state index contributed by atoms with van der Waals surface area (Å²) < 4.78 is 38.0. The van der Waals surface area contributed by atoms with Crippen LogP contribution in [0.1, 0.15) is 16.1 Å². The second-order valence-electron chi connectivity index (χ2n) is 6.09. The van der Waals surface area contributed by atoms with Gasteiger partial charge in [-0.25, -0.2) is 18.7 Å².